The highest BCUT2D eigenvalue weighted by atomic mass is 79.9. The number of ether oxygens (including phenoxy) is 1. The normalized spacial score (nSPS) is 15.2. The van der Waals surface area contributed by atoms with Gasteiger partial charge in [-0.3, -0.25) is 9.78 Å². The number of anilines is 1. The average Bonchev–Trinajstić information content (AvgIpc) is 2.70. The largest absolute Gasteiger partial charge is 0.433 e. The van der Waals surface area contributed by atoms with Crippen molar-refractivity contribution in [3.8, 4) is 11.1 Å². The number of nitrogen functional groups attached to an aromatic ring is 1. The van der Waals surface area contributed by atoms with Crippen molar-refractivity contribution in [2.24, 2.45) is 0 Å². The summed E-state index contributed by atoms with van der Waals surface area (Å²) in [4.78, 5) is 16.2. The highest BCUT2D eigenvalue weighted by Crippen LogP contribution is 2.35. The van der Waals surface area contributed by atoms with Crippen LogP contribution in [0, 0.1) is 0 Å². The number of carbonyl (C=O) groups excluding carboxylic acids is 1. The Hall–Kier alpha value is -2.91. The monoisotopic (exact) mass is 491 g/mol. The van der Waals surface area contributed by atoms with Crippen molar-refractivity contribution in [3.63, 3.8) is 0 Å². The number of hydrogen-bond acceptors (Lipinski definition) is 4. The summed E-state index contributed by atoms with van der Waals surface area (Å²) >= 11 is 3.34. The molecule has 0 unspecified atom stereocenters. The molecule has 0 atom stereocenters. The highest BCUT2D eigenvalue weighted by Gasteiger charge is 2.42. The molecule has 2 aromatic carbocycles. The van der Waals surface area contributed by atoms with Crippen molar-refractivity contribution < 1.29 is 22.7 Å². The standard InChI is InChI=1S/C22H17BrF3N3O2/c23-16-7-3-14(4-8-16)20(30)29-21(11-31-12-21)15-5-1-13(2-6-15)17-10-28-19(9-18(17)27)22(24,25)26/h1-10H,11-12H2,(H2,27,28)(H,29,30). The Bertz CT molecular complexity index is 1110. The van der Waals surface area contributed by atoms with Crippen LogP contribution in [0.5, 0.6) is 0 Å². The van der Waals surface area contributed by atoms with Gasteiger partial charge in [-0.2, -0.15) is 13.2 Å². The van der Waals surface area contributed by atoms with Crippen molar-refractivity contribution in [1.82, 2.24) is 10.3 Å². The quantitative estimate of drug-likeness (QED) is 0.551. The van der Waals surface area contributed by atoms with Crippen LogP contribution in [0.3, 0.4) is 0 Å². The summed E-state index contributed by atoms with van der Waals surface area (Å²) in [6, 6.07) is 14.9. The van der Waals surface area contributed by atoms with Gasteiger partial charge in [-0.15, -0.1) is 0 Å². The summed E-state index contributed by atoms with van der Waals surface area (Å²) in [5.74, 6) is -0.226. The molecule has 0 radical (unpaired) electrons. The third-order valence-corrected chi connectivity index (χ3v) is 5.66. The van der Waals surface area contributed by atoms with Gasteiger partial charge in [0, 0.05) is 27.5 Å². The van der Waals surface area contributed by atoms with Crippen LogP contribution < -0.4 is 11.1 Å². The molecule has 0 aliphatic carbocycles. The summed E-state index contributed by atoms with van der Waals surface area (Å²) in [7, 11) is 0. The molecule has 0 spiro atoms. The zero-order valence-electron chi connectivity index (χ0n) is 16.0. The van der Waals surface area contributed by atoms with Crippen molar-refractivity contribution in [2.75, 3.05) is 18.9 Å². The number of nitrogens with two attached hydrogens (primary N) is 1. The molecule has 1 saturated heterocycles. The predicted octanol–water partition coefficient (Wildman–Crippen LogP) is 4.77. The van der Waals surface area contributed by atoms with E-state index in [4.69, 9.17) is 10.5 Å². The second-order valence-electron chi connectivity index (χ2n) is 7.27. The Morgan fingerprint density at radius 1 is 1.10 bits per heavy atom. The van der Waals surface area contributed by atoms with Crippen molar-refractivity contribution in [3.05, 3.63) is 82.1 Å². The van der Waals surface area contributed by atoms with E-state index in [9.17, 15) is 18.0 Å². The molecule has 3 N–H and O–H groups in total. The van der Waals surface area contributed by atoms with E-state index in [-0.39, 0.29) is 11.6 Å². The first kappa shape index (κ1) is 21.3. The first-order chi connectivity index (χ1) is 14.7. The van der Waals surface area contributed by atoms with E-state index in [1.54, 1.807) is 48.5 Å². The van der Waals surface area contributed by atoms with E-state index in [0.717, 1.165) is 22.3 Å². The second-order valence-corrected chi connectivity index (χ2v) is 8.18. The van der Waals surface area contributed by atoms with Gasteiger partial charge < -0.3 is 15.8 Å². The van der Waals surface area contributed by atoms with Gasteiger partial charge in [0.15, 0.2) is 0 Å². The van der Waals surface area contributed by atoms with Crippen LogP contribution in [0.15, 0.2) is 65.3 Å². The van der Waals surface area contributed by atoms with Gasteiger partial charge in [0.05, 0.1) is 13.2 Å². The fourth-order valence-electron chi connectivity index (χ4n) is 3.34. The lowest BCUT2D eigenvalue weighted by atomic mass is 9.86. The topological polar surface area (TPSA) is 77.2 Å². The lowest BCUT2D eigenvalue weighted by Gasteiger charge is -2.42. The summed E-state index contributed by atoms with van der Waals surface area (Å²) in [6.45, 7) is 0.636. The molecular weight excluding hydrogens is 475 g/mol. The highest BCUT2D eigenvalue weighted by molar-refractivity contribution is 9.10. The third-order valence-electron chi connectivity index (χ3n) is 5.13. The van der Waals surface area contributed by atoms with E-state index in [1.165, 1.54) is 0 Å². The smallest absolute Gasteiger partial charge is 0.398 e. The summed E-state index contributed by atoms with van der Waals surface area (Å²) in [5, 5.41) is 3.04. The van der Waals surface area contributed by atoms with E-state index >= 15 is 0 Å². The molecule has 1 aliphatic rings. The van der Waals surface area contributed by atoms with Crippen LogP contribution in [0.25, 0.3) is 11.1 Å². The van der Waals surface area contributed by atoms with Crippen LogP contribution in [0.2, 0.25) is 0 Å². The van der Waals surface area contributed by atoms with Gasteiger partial charge in [0.2, 0.25) is 0 Å². The van der Waals surface area contributed by atoms with Gasteiger partial charge in [0.1, 0.15) is 11.2 Å². The second kappa shape index (κ2) is 7.97. The first-order valence-corrected chi connectivity index (χ1v) is 10.1. The number of nitrogens with zero attached hydrogens (tertiary/aromatic N) is 1. The minimum atomic E-state index is -4.56. The summed E-state index contributed by atoms with van der Waals surface area (Å²) in [6.07, 6.45) is -3.44. The molecule has 3 aromatic rings. The third kappa shape index (κ3) is 4.28. The zero-order chi connectivity index (χ0) is 22.2. The number of pyridine rings is 1. The molecule has 1 amide bonds. The minimum Gasteiger partial charge on any atom is -0.398 e. The van der Waals surface area contributed by atoms with Gasteiger partial charge in [-0.25, -0.2) is 0 Å². The van der Waals surface area contributed by atoms with E-state index in [0.29, 0.717) is 29.9 Å². The lowest BCUT2D eigenvalue weighted by Crippen LogP contribution is -2.59. The number of alkyl halides is 3. The maximum atomic E-state index is 12.8. The maximum Gasteiger partial charge on any atom is 0.433 e. The fourth-order valence-corrected chi connectivity index (χ4v) is 3.61. The van der Waals surface area contributed by atoms with Gasteiger partial charge in [-0.05, 0) is 41.5 Å². The molecule has 9 heteroatoms. The van der Waals surface area contributed by atoms with Crippen molar-refractivity contribution in [2.45, 2.75) is 11.7 Å². The predicted molar refractivity (Wildman–Crippen MR) is 113 cm³/mol. The Morgan fingerprint density at radius 3 is 2.26 bits per heavy atom. The van der Waals surface area contributed by atoms with Crippen LogP contribution >= 0.6 is 15.9 Å². The maximum absolute atomic E-state index is 12.8. The Morgan fingerprint density at radius 2 is 1.74 bits per heavy atom. The molecule has 1 aromatic heterocycles. The molecule has 4 rings (SSSR count). The molecule has 5 nitrogen and oxygen atoms in total. The zero-order valence-corrected chi connectivity index (χ0v) is 17.6. The number of rotatable bonds is 4. The number of hydrogen-bond donors (Lipinski definition) is 2. The Kier molecular flexibility index (Phi) is 5.49. The molecule has 1 fully saturated rings. The molecule has 0 bridgehead atoms. The van der Waals surface area contributed by atoms with E-state index in [1.807, 2.05) is 0 Å². The molecule has 2 heterocycles. The number of amides is 1. The Balaban J connectivity index is 1.57. The van der Waals surface area contributed by atoms with Crippen LogP contribution in [0.1, 0.15) is 21.6 Å². The Labute approximate surface area is 184 Å². The van der Waals surface area contributed by atoms with Gasteiger partial charge in [0.25, 0.3) is 5.91 Å². The SMILES string of the molecule is Nc1cc(C(F)(F)F)ncc1-c1ccc(C2(NC(=O)c3ccc(Br)cc3)COC2)cc1. The summed E-state index contributed by atoms with van der Waals surface area (Å²) in [5.41, 5.74) is 6.48. The van der Waals surface area contributed by atoms with E-state index < -0.39 is 17.4 Å². The number of nitrogens with one attached hydrogen (secondary N) is 1. The molecule has 160 valence electrons. The van der Waals surface area contributed by atoms with Crippen LogP contribution in [-0.4, -0.2) is 24.1 Å². The summed E-state index contributed by atoms with van der Waals surface area (Å²) < 4.78 is 44.7. The average molecular weight is 492 g/mol. The van der Waals surface area contributed by atoms with E-state index in [2.05, 4.69) is 26.2 Å². The van der Waals surface area contributed by atoms with Crippen LogP contribution in [-0.2, 0) is 16.5 Å². The minimum absolute atomic E-state index is 0.0136. The lowest BCUT2D eigenvalue weighted by molar-refractivity contribution is -0.141. The van der Waals surface area contributed by atoms with Gasteiger partial charge in [-0.1, -0.05) is 40.2 Å². The van der Waals surface area contributed by atoms with Gasteiger partial charge >= 0.3 is 6.18 Å². The number of aromatic nitrogens is 1. The molecular formula is C22H17BrF3N3O2. The van der Waals surface area contributed by atoms with Crippen LogP contribution in [0.4, 0.5) is 18.9 Å². The fraction of sp³-hybridized carbons (Fsp3) is 0.182. The molecule has 31 heavy (non-hydrogen) atoms. The number of halogens is 4. The molecule has 1 aliphatic heterocycles. The number of benzene rings is 2. The first-order valence-electron chi connectivity index (χ1n) is 9.27. The van der Waals surface area contributed by atoms with Crippen molar-refractivity contribution >= 4 is 27.5 Å². The number of carbonyl (C=O) groups is 1. The molecule has 0 saturated carbocycles. The van der Waals surface area contributed by atoms with Crippen molar-refractivity contribution in [1.29, 1.82) is 0 Å².